The summed E-state index contributed by atoms with van der Waals surface area (Å²) in [4.78, 5) is 55.4. The minimum absolute atomic E-state index is 0.326. The van der Waals surface area contributed by atoms with Crippen LogP contribution in [-0.4, -0.2) is 88.8 Å². The van der Waals surface area contributed by atoms with E-state index in [9.17, 15) is 14.4 Å². The highest BCUT2D eigenvalue weighted by atomic mass is 16.2. The van der Waals surface area contributed by atoms with Crippen molar-refractivity contribution in [1.82, 2.24) is 24.7 Å². The molecule has 1 aromatic heterocycles. The third-order valence-electron chi connectivity index (χ3n) is 7.48. The first-order chi connectivity index (χ1) is 16.5. The molecule has 1 aromatic rings. The molecule has 1 atom stereocenters. The molecule has 1 unspecified atom stereocenters. The number of carbonyl (C=O) groups excluding carboxylic acids is 3. The highest BCUT2D eigenvalue weighted by Crippen LogP contribution is 2.43. The Hall–Kier alpha value is -2.81. The average molecular weight is 469 g/mol. The van der Waals surface area contributed by atoms with Gasteiger partial charge < -0.3 is 4.90 Å². The minimum Gasteiger partial charge on any atom is -0.338 e. The smallest absolute Gasteiger partial charge is 0.333 e. The molecule has 2 aliphatic heterocycles. The number of amides is 4. The van der Waals surface area contributed by atoms with Gasteiger partial charge in [-0.1, -0.05) is 13.0 Å². The number of hydrogen-bond donors (Lipinski definition) is 0. The Labute approximate surface area is 201 Å². The first kappa shape index (κ1) is 24.3. The molecule has 0 radical (unpaired) electrons. The van der Waals surface area contributed by atoms with Gasteiger partial charge in [-0.15, -0.1) is 0 Å². The molecule has 4 rings (SSSR count). The summed E-state index contributed by atoms with van der Waals surface area (Å²) >= 11 is 0. The van der Waals surface area contributed by atoms with Crippen molar-refractivity contribution in [1.29, 1.82) is 0 Å². The highest BCUT2D eigenvalue weighted by molar-refractivity contribution is 6.20. The van der Waals surface area contributed by atoms with Gasteiger partial charge in [-0.05, 0) is 63.1 Å². The Balaban J connectivity index is 1.32. The van der Waals surface area contributed by atoms with Gasteiger partial charge in [-0.25, -0.2) is 14.8 Å². The molecule has 1 aliphatic carbocycles. The van der Waals surface area contributed by atoms with Crippen LogP contribution in [0.3, 0.4) is 0 Å². The van der Waals surface area contributed by atoms with Crippen LogP contribution in [0.15, 0.2) is 30.1 Å². The molecule has 0 N–H and O–H groups in total. The Morgan fingerprint density at radius 1 is 0.941 bits per heavy atom. The van der Waals surface area contributed by atoms with Crippen molar-refractivity contribution in [3.05, 3.63) is 30.1 Å². The molecule has 3 aliphatic rings. The second-order valence-electron chi connectivity index (χ2n) is 9.42. The van der Waals surface area contributed by atoms with Gasteiger partial charge in [0.15, 0.2) is 0 Å². The SMILES string of the molecule is CCC1(C2=CCCCC2)C(=O)N(C)C(=O)N(CCCCN2CCN(c3ncccn3)CC2)C1=O. The third kappa shape index (κ3) is 4.58. The van der Waals surface area contributed by atoms with Crippen LogP contribution in [0.5, 0.6) is 0 Å². The maximum Gasteiger partial charge on any atom is 0.333 e. The molecular formula is C25H36N6O3. The monoisotopic (exact) mass is 468 g/mol. The van der Waals surface area contributed by atoms with E-state index in [-0.39, 0.29) is 11.8 Å². The molecular weight excluding hydrogens is 432 g/mol. The van der Waals surface area contributed by atoms with Crippen molar-refractivity contribution >= 4 is 23.8 Å². The van der Waals surface area contributed by atoms with E-state index in [0.29, 0.717) is 13.0 Å². The van der Waals surface area contributed by atoms with Crippen LogP contribution in [0.1, 0.15) is 51.9 Å². The van der Waals surface area contributed by atoms with Crippen molar-refractivity contribution in [3.63, 3.8) is 0 Å². The Bertz CT molecular complexity index is 928. The van der Waals surface area contributed by atoms with E-state index in [1.54, 1.807) is 12.4 Å². The second kappa shape index (κ2) is 10.6. The number of piperazine rings is 1. The molecule has 9 nitrogen and oxygen atoms in total. The first-order valence-corrected chi connectivity index (χ1v) is 12.6. The summed E-state index contributed by atoms with van der Waals surface area (Å²) < 4.78 is 0. The van der Waals surface area contributed by atoms with E-state index < -0.39 is 11.4 Å². The van der Waals surface area contributed by atoms with Gasteiger partial charge in [0.05, 0.1) is 0 Å². The zero-order valence-electron chi connectivity index (χ0n) is 20.4. The molecule has 0 bridgehead atoms. The number of barbiturate groups is 1. The van der Waals surface area contributed by atoms with E-state index >= 15 is 0 Å². The molecule has 0 spiro atoms. The number of carbonyl (C=O) groups is 3. The van der Waals surface area contributed by atoms with Gasteiger partial charge >= 0.3 is 6.03 Å². The standard InChI is InChI=1S/C25H36N6O3/c1-3-25(20-10-5-4-6-11-20)21(32)28(2)24(34)31(22(25)33)15-8-7-14-29-16-18-30(19-17-29)23-26-12-9-13-27-23/h9-10,12-13H,3-8,11,14-19H2,1-2H3. The van der Waals surface area contributed by atoms with E-state index in [1.807, 2.05) is 13.0 Å². The quantitative estimate of drug-likeness (QED) is 0.329. The third-order valence-corrected chi connectivity index (χ3v) is 7.48. The lowest BCUT2D eigenvalue weighted by Crippen LogP contribution is -2.64. The number of aromatic nitrogens is 2. The molecule has 184 valence electrons. The van der Waals surface area contributed by atoms with Gasteiger partial charge in [0.1, 0.15) is 5.41 Å². The predicted molar refractivity (Wildman–Crippen MR) is 129 cm³/mol. The van der Waals surface area contributed by atoms with E-state index in [0.717, 1.165) is 87.7 Å². The van der Waals surface area contributed by atoms with Crippen LogP contribution >= 0.6 is 0 Å². The van der Waals surface area contributed by atoms with E-state index in [4.69, 9.17) is 0 Å². The number of hydrogen-bond acceptors (Lipinski definition) is 7. The lowest BCUT2D eigenvalue weighted by atomic mass is 9.70. The van der Waals surface area contributed by atoms with E-state index in [1.165, 1.54) is 11.9 Å². The fourth-order valence-corrected chi connectivity index (χ4v) is 5.42. The van der Waals surface area contributed by atoms with Gasteiger partial charge in [0.25, 0.3) is 0 Å². The summed E-state index contributed by atoms with van der Waals surface area (Å²) in [6.07, 6.45) is 11.3. The summed E-state index contributed by atoms with van der Waals surface area (Å²) in [7, 11) is 1.51. The van der Waals surface area contributed by atoms with Crippen LogP contribution in [0, 0.1) is 5.41 Å². The molecule has 0 saturated carbocycles. The maximum atomic E-state index is 13.6. The fourth-order valence-electron chi connectivity index (χ4n) is 5.42. The summed E-state index contributed by atoms with van der Waals surface area (Å²) in [6.45, 7) is 6.78. The van der Waals surface area contributed by atoms with Crippen molar-refractivity contribution in [2.45, 2.75) is 51.9 Å². The lowest BCUT2D eigenvalue weighted by molar-refractivity contribution is -0.155. The predicted octanol–water partition coefficient (Wildman–Crippen LogP) is 2.70. The number of unbranched alkanes of at least 4 members (excludes halogenated alkanes) is 1. The molecule has 2 fully saturated rings. The van der Waals surface area contributed by atoms with Crippen LogP contribution in [0.4, 0.5) is 10.7 Å². The van der Waals surface area contributed by atoms with Crippen molar-refractivity contribution < 1.29 is 14.4 Å². The largest absolute Gasteiger partial charge is 0.338 e. The highest BCUT2D eigenvalue weighted by Gasteiger charge is 2.56. The molecule has 34 heavy (non-hydrogen) atoms. The average Bonchev–Trinajstić information content (AvgIpc) is 2.89. The summed E-state index contributed by atoms with van der Waals surface area (Å²) in [6, 6.07) is 1.33. The van der Waals surface area contributed by atoms with E-state index in [2.05, 4.69) is 25.8 Å². The van der Waals surface area contributed by atoms with Crippen molar-refractivity contribution in [2.75, 3.05) is 51.2 Å². The number of imide groups is 2. The molecule has 0 aromatic carbocycles. The number of anilines is 1. The van der Waals surface area contributed by atoms with Crippen LogP contribution < -0.4 is 4.90 Å². The summed E-state index contributed by atoms with van der Waals surface area (Å²) in [5.74, 6) is 0.0813. The molecule has 2 saturated heterocycles. The minimum atomic E-state index is -1.21. The zero-order valence-corrected chi connectivity index (χ0v) is 20.4. The normalized spacial score (nSPS) is 24.6. The Morgan fingerprint density at radius 3 is 2.29 bits per heavy atom. The number of nitrogens with zero attached hydrogens (tertiary/aromatic N) is 6. The lowest BCUT2D eigenvalue weighted by Gasteiger charge is -2.44. The molecule has 4 amide bonds. The van der Waals surface area contributed by atoms with Gasteiger partial charge in [-0.2, -0.15) is 0 Å². The fraction of sp³-hybridized carbons (Fsp3) is 0.640. The van der Waals surface area contributed by atoms with Crippen molar-refractivity contribution in [2.24, 2.45) is 5.41 Å². The topological polar surface area (TPSA) is 90.0 Å². The Morgan fingerprint density at radius 2 is 1.65 bits per heavy atom. The molecule has 9 heteroatoms. The van der Waals surface area contributed by atoms with Gasteiger partial charge in [-0.3, -0.25) is 24.3 Å². The van der Waals surface area contributed by atoms with Crippen molar-refractivity contribution in [3.8, 4) is 0 Å². The Kier molecular flexibility index (Phi) is 7.60. The second-order valence-corrected chi connectivity index (χ2v) is 9.42. The molecule has 3 heterocycles. The van der Waals surface area contributed by atoms with Gasteiger partial charge in [0.2, 0.25) is 17.8 Å². The van der Waals surface area contributed by atoms with Crippen LogP contribution in [0.25, 0.3) is 0 Å². The van der Waals surface area contributed by atoms with Crippen LogP contribution in [-0.2, 0) is 9.59 Å². The maximum absolute atomic E-state index is 13.6. The number of rotatable bonds is 8. The first-order valence-electron chi connectivity index (χ1n) is 12.6. The van der Waals surface area contributed by atoms with Gasteiger partial charge in [0, 0.05) is 52.2 Å². The summed E-state index contributed by atoms with van der Waals surface area (Å²) in [5.41, 5.74) is -0.306. The number of allylic oxidation sites excluding steroid dienone is 1. The number of urea groups is 1. The summed E-state index contributed by atoms with van der Waals surface area (Å²) in [5, 5.41) is 0. The zero-order chi connectivity index (χ0) is 24.1. The van der Waals surface area contributed by atoms with Crippen LogP contribution in [0.2, 0.25) is 0 Å².